The number of aromatic hydroxyl groups is 1. The first-order valence-corrected chi connectivity index (χ1v) is 7.08. The molecule has 0 heterocycles. The number of hydrogen-bond donors (Lipinski definition) is 1. The molecule has 0 bridgehead atoms. The first kappa shape index (κ1) is 16.0. The SMILES string of the molecule is CC(C)CN(CCN(C)C)C(C)c1cccc(O)c1. The Morgan fingerprint density at radius 2 is 1.79 bits per heavy atom. The van der Waals surface area contributed by atoms with E-state index in [1.165, 1.54) is 5.56 Å². The highest BCUT2D eigenvalue weighted by molar-refractivity contribution is 5.29. The molecule has 0 amide bonds. The van der Waals surface area contributed by atoms with Crippen molar-refractivity contribution >= 4 is 0 Å². The van der Waals surface area contributed by atoms with Crippen molar-refractivity contribution in [2.45, 2.75) is 26.8 Å². The van der Waals surface area contributed by atoms with Gasteiger partial charge < -0.3 is 10.0 Å². The van der Waals surface area contributed by atoms with Crippen LogP contribution in [0.15, 0.2) is 24.3 Å². The van der Waals surface area contributed by atoms with E-state index in [1.54, 1.807) is 6.07 Å². The molecule has 0 spiro atoms. The van der Waals surface area contributed by atoms with Crippen molar-refractivity contribution in [3.63, 3.8) is 0 Å². The molecule has 3 heteroatoms. The quantitative estimate of drug-likeness (QED) is 0.820. The van der Waals surface area contributed by atoms with E-state index in [2.05, 4.69) is 50.7 Å². The summed E-state index contributed by atoms with van der Waals surface area (Å²) in [6, 6.07) is 7.93. The van der Waals surface area contributed by atoms with Crippen LogP contribution >= 0.6 is 0 Å². The molecule has 0 aliphatic rings. The van der Waals surface area contributed by atoms with Crippen molar-refractivity contribution in [1.29, 1.82) is 0 Å². The van der Waals surface area contributed by atoms with Crippen molar-refractivity contribution in [2.75, 3.05) is 33.7 Å². The highest BCUT2D eigenvalue weighted by atomic mass is 16.3. The van der Waals surface area contributed by atoms with Gasteiger partial charge >= 0.3 is 0 Å². The molecule has 1 aromatic rings. The highest BCUT2D eigenvalue weighted by Crippen LogP contribution is 2.24. The van der Waals surface area contributed by atoms with Crippen LogP contribution < -0.4 is 0 Å². The molecule has 1 aromatic carbocycles. The Morgan fingerprint density at radius 3 is 2.32 bits per heavy atom. The van der Waals surface area contributed by atoms with Crippen LogP contribution in [0.2, 0.25) is 0 Å². The van der Waals surface area contributed by atoms with Crippen molar-refractivity contribution < 1.29 is 5.11 Å². The van der Waals surface area contributed by atoms with Gasteiger partial charge in [-0.05, 0) is 44.6 Å². The molecule has 1 N–H and O–H groups in total. The molecule has 1 rings (SSSR count). The molecule has 0 radical (unpaired) electrons. The van der Waals surface area contributed by atoms with Crippen LogP contribution in [0.1, 0.15) is 32.4 Å². The van der Waals surface area contributed by atoms with Crippen LogP contribution in [-0.4, -0.2) is 48.6 Å². The predicted octanol–water partition coefficient (Wildman–Crippen LogP) is 2.97. The second-order valence-corrected chi connectivity index (χ2v) is 5.96. The molecule has 3 nitrogen and oxygen atoms in total. The molecule has 0 aliphatic carbocycles. The Morgan fingerprint density at radius 1 is 1.11 bits per heavy atom. The maximum Gasteiger partial charge on any atom is 0.115 e. The Bertz CT molecular complexity index is 377. The van der Waals surface area contributed by atoms with E-state index in [0.717, 1.165) is 19.6 Å². The minimum Gasteiger partial charge on any atom is -0.508 e. The number of phenols is 1. The lowest BCUT2D eigenvalue weighted by atomic mass is 10.0. The highest BCUT2D eigenvalue weighted by Gasteiger charge is 2.17. The molecule has 0 aliphatic heterocycles. The van der Waals surface area contributed by atoms with Crippen molar-refractivity contribution in [2.24, 2.45) is 5.92 Å². The summed E-state index contributed by atoms with van der Waals surface area (Å²) in [4.78, 5) is 4.70. The van der Waals surface area contributed by atoms with E-state index in [-0.39, 0.29) is 0 Å². The van der Waals surface area contributed by atoms with Gasteiger partial charge in [0.2, 0.25) is 0 Å². The molecule has 108 valence electrons. The van der Waals surface area contributed by atoms with Gasteiger partial charge in [-0.25, -0.2) is 0 Å². The number of rotatable bonds is 7. The minimum absolute atomic E-state index is 0.328. The van der Waals surface area contributed by atoms with Gasteiger partial charge in [-0.15, -0.1) is 0 Å². The lowest BCUT2D eigenvalue weighted by Gasteiger charge is -2.32. The largest absolute Gasteiger partial charge is 0.508 e. The van der Waals surface area contributed by atoms with Gasteiger partial charge in [-0.2, -0.15) is 0 Å². The topological polar surface area (TPSA) is 26.7 Å². The van der Waals surface area contributed by atoms with Gasteiger partial charge in [0.25, 0.3) is 0 Å². The van der Waals surface area contributed by atoms with E-state index < -0.39 is 0 Å². The third-order valence-corrected chi connectivity index (χ3v) is 3.33. The standard InChI is InChI=1S/C16H28N2O/c1-13(2)12-18(10-9-17(4)5)14(3)15-7-6-8-16(19)11-15/h6-8,11,13-14,19H,9-10,12H2,1-5H3. The smallest absolute Gasteiger partial charge is 0.115 e. The maximum absolute atomic E-state index is 9.62. The van der Waals surface area contributed by atoms with Crippen molar-refractivity contribution in [1.82, 2.24) is 9.80 Å². The Kier molecular flexibility index (Phi) is 6.32. The fourth-order valence-electron chi connectivity index (χ4n) is 2.24. The predicted molar refractivity (Wildman–Crippen MR) is 81.5 cm³/mol. The molecule has 0 saturated heterocycles. The van der Waals surface area contributed by atoms with Gasteiger partial charge in [0.15, 0.2) is 0 Å². The lowest BCUT2D eigenvalue weighted by Crippen LogP contribution is -2.36. The van der Waals surface area contributed by atoms with Gasteiger partial charge in [0.05, 0.1) is 0 Å². The summed E-state index contributed by atoms with van der Waals surface area (Å²) >= 11 is 0. The van der Waals surface area contributed by atoms with E-state index in [1.807, 2.05) is 12.1 Å². The normalized spacial score (nSPS) is 13.5. The summed E-state index contributed by atoms with van der Waals surface area (Å²) in [5, 5.41) is 9.62. The Labute approximate surface area is 117 Å². The molecule has 0 aromatic heterocycles. The van der Waals surface area contributed by atoms with Gasteiger partial charge in [0.1, 0.15) is 5.75 Å². The molecule has 19 heavy (non-hydrogen) atoms. The summed E-state index contributed by atoms with van der Waals surface area (Å²) in [6.07, 6.45) is 0. The van der Waals surface area contributed by atoms with E-state index in [9.17, 15) is 5.11 Å². The zero-order valence-corrected chi connectivity index (χ0v) is 12.9. The Balaban J connectivity index is 2.77. The fourth-order valence-corrected chi connectivity index (χ4v) is 2.24. The molecule has 1 unspecified atom stereocenters. The lowest BCUT2D eigenvalue weighted by molar-refractivity contribution is 0.170. The van der Waals surface area contributed by atoms with Crippen LogP contribution in [0.25, 0.3) is 0 Å². The molecule has 0 fully saturated rings. The minimum atomic E-state index is 0.328. The second-order valence-electron chi connectivity index (χ2n) is 5.96. The number of likely N-dealkylation sites (N-methyl/N-ethyl adjacent to an activating group) is 1. The fraction of sp³-hybridized carbons (Fsp3) is 0.625. The average molecular weight is 264 g/mol. The first-order chi connectivity index (χ1) is 8.90. The van der Waals surface area contributed by atoms with Gasteiger partial charge in [-0.1, -0.05) is 26.0 Å². The van der Waals surface area contributed by atoms with Gasteiger partial charge in [-0.3, -0.25) is 4.90 Å². The summed E-state index contributed by atoms with van der Waals surface area (Å²) < 4.78 is 0. The molecule has 1 atom stereocenters. The number of nitrogens with zero attached hydrogens (tertiary/aromatic N) is 2. The number of phenolic OH excluding ortho intramolecular Hbond substituents is 1. The monoisotopic (exact) mass is 264 g/mol. The second kappa shape index (κ2) is 7.51. The van der Waals surface area contributed by atoms with Crippen LogP contribution in [0, 0.1) is 5.92 Å². The average Bonchev–Trinajstić information content (AvgIpc) is 2.33. The molecule has 0 saturated carbocycles. The molecular formula is C16H28N2O. The summed E-state index contributed by atoms with van der Waals surface area (Å²) in [7, 11) is 4.21. The van der Waals surface area contributed by atoms with Crippen LogP contribution in [0.3, 0.4) is 0 Å². The van der Waals surface area contributed by atoms with Crippen LogP contribution in [0.4, 0.5) is 0 Å². The summed E-state index contributed by atoms with van der Waals surface area (Å²) in [6.45, 7) is 9.88. The summed E-state index contributed by atoms with van der Waals surface area (Å²) in [5.41, 5.74) is 1.18. The summed E-state index contributed by atoms with van der Waals surface area (Å²) in [5.74, 6) is 0.989. The van der Waals surface area contributed by atoms with Crippen molar-refractivity contribution in [3.05, 3.63) is 29.8 Å². The third kappa shape index (κ3) is 5.62. The van der Waals surface area contributed by atoms with Crippen molar-refractivity contribution in [3.8, 4) is 5.75 Å². The van der Waals surface area contributed by atoms with Crippen LogP contribution in [-0.2, 0) is 0 Å². The van der Waals surface area contributed by atoms with E-state index in [0.29, 0.717) is 17.7 Å². The zero-order valence-electron chi connectivity index (χ0n) is 12.9. The van der Waals surface area contributed by atoms with E-state index in [4.69, 9.17) is 0 Å². The van der Waals surface area contributed by atoms with Gasteiger partial charge in [0, 0.05) is 25.7 Å². The molecular weight excluding hydrogens is 236 g/mol. The number of hydrogen-bond acceptors (Lipinski definition) is 3. The van der Waals surface area contributed by atoms with E-state index >= 15 is 0 Å². The zero-order chi connectivity index (χ0) is 14.4. The first-order valence-electron chi connectivity index (χ1n) is 7.08. The third-order valence-electron chi connectivity index (χ3n) is 3.33. The maximum atomic E-state index is 9.62. The van der Waals surface area contributed by atoms with Crippen LogP contribution in [0.5, 0.6) is 5.75 Å². The number of benzene rings is 1. The Hall–Kier alpha value is -1.06.